The fourth-order valence-electron chi connectivity index (χ4n) is 0.718. The first-order valence-electron chi connectivity index (χ1n) is 3.43. The van der Waals surface area contributed by atoms with Crippen molar-refractivity contribution in [2.24, 2.45) is 0 Å². The van der Waals surface area contributed by atoms with Gasteiger partial charge in [0, 0.05) is 0 Å². The third kappa shape index (κ3) is 3.22. The quantitative estimate of drug-likeness (QED) is 0.674. The van der Waals surface area contributed by atoms with E-state index in [1.807, 2.05) is 0 Å². The molecule has 0 atom stereocenters. The number of nitrogens with zero attached hydrogens (tertiary/aromatic N) is 3. The Morgan fingerprint density at radius 3 is 2.69 bits per heavy atom. The summed E-state index contributed by atoms with van der Waals surface area (Å²) in [4.78, 5) is 10.1. The van der Waals surface area contributed by atoms with Crippen LogP contribution in [0, 0.1) is 0 Å². The van der Waals surface area contributed by atoms with E-state index in [2.05, 4.69) is 10.3 Å². The molecular weight excluding hydrogens is 187 g/mol. The van der Waals surface area contributed by atoms with Gasteiger partial charge in [-0.15, -0.1) is 5.10 Å². The van der Waals surface area contributed by atoms with Gasteiger partial charge >= 0.3 is 6.18 Å². The topological polar surface area (TPSA) is 47.8 Å². The van der Waals surface area contributed by atoms with Crippen molar-refractivity contribution in [1.82, 2.24) is 15.0 Å². The van der Waals surface area contributed by atoms with Crippen molar-refractivity contribution in [3.8, 4) is 0 Å². The molecule has 13 heavy (non-hydrogen) atoms. The number of carbonyl (C=O) groups is 1. The predicted octanol–water partition coefficient (Wildman–Crippen LogP) is 1.04. The number of hydrogen-bond donors (Lipinski definition) is 0. The Morgan fingerprint density at radius 1 is 1.54 bits per heavy atom. The molecule has 0 amide bonds. The summed E-state index contributed by atoms with van der Waals surface area (Å²) < 4.78 is 36.1. The van der Waals surface area contributed by atoms with Crippen LogP contribution in [-0.4, -0.2) is 27.5 Å². The van der Waals surface area contributed by atoms with Gasteiger partial charge in [-0.05, 0) is 0 Å². The lowest BCUT2D eigenvalue weighted by Gasteiger charge is -2.04. The molecule has 0 spiro atoms. The zero-order valence-electron chi connectivity index (χ0n) is 6.45. The first-order chi connectivity index (χ1) is 6.01. The molecule has 0 radical (unpaired) electrons. The molecule has 1 rings (SSSR count). The van der Waals surface area contributed by atoms with E-state index in [1.165, 1.54) is 6.20 Å². The first kappa shape index (κ1) is 9.69. The average Bonchev–Trinajstić information content (AvgIpc) is 2.47. The molecule has 0 aliphatic rings. The molecule has 7 heteroatoms. The molecule has 0 saturated heterocycles. The number of aromatic nitrogens is 3. The number of hydrogen-bond acceptors (Lipinski definition) is 3. The SMILES string of the molecule is O=Cc1cn(CCC(F)(F)F)nn1. The van der Waals surface area contributed by atoms with E-state index in [0.717, 1.165) is 4.68 Å². The molecule has 1 aromatic heterocycles. The van der Waals surface area contributed by atoms with Gasteiger partial charge in [-0.25, -0.2) is 0 Å². The largest absolute Gasteiger partial charge is 0.390 e. The van der Waals surface area contributed by atoms with Gasteiger partial charge in [0.15, 0.2) is 6.29 Å². The van der Waals surface area contributed by atoms with E-state index in [4.69, 9.17) is 0 Å². The molecule has 0 aliphatic carbocycles. The number of carbonyl (C=O) groups excluding carboxylic acids is 1. The normalized spacial score (nSPS) is 11.6. The van der Waals surface area contributed by atoms with Crippen LogP contribution in [0.2, 0.25) is 0 Å². The van der Waals surface area contributed by atoms with Crippen LogP contribution in [0.15, 0.2) is 6.20 Å². The van der Waals surface area contributed by atoms with Crippen molar-refractivity contribution in [2.45, 2.75) is 19.1 Å². The Bertz CT molecular complexity index is 294. The van der Waals surface area contributed by atoms with E-state index in [9.17, 15) is 18.0 Å². The highest BCUT2D eigenvalue weighted by Crippen LogP contribution is 2.19. The van der Waals surface area contributed by atoms with Crippen molar-refractivity contribution in [3.63, 3.8) is 0 Å². The lowest BCUT2D eigenvalue weighted by molar-refractivity contribution is -0.137. The van der Waals surface area contributed by atoms with Crippen LogP contribution in [-0.2, 0) is 6.54 Å². The van der Waals surface area contributed by atoms with E-state index >= 15 is 0 Å². The van der Waals surface area contributed by atoms with Crippen LogP contribution < -0.4 is 0 Å². The number of rotatable bonds is 3. The van der Waals surface area contributed by atoms with Gasteiger partial charge in [0.2, 0.25) is 0 Å². The number of aldehydes is 1. The van der Waals surface area contributed by atoms with Crippen molar-refractivity contribution >= 4 is 6.29 Å². The maximum Gasteiger partial charge on any atom is 0.390 e. The summed E-state index contributed by atoms with van der Waals surface area (Å²) in [5.41, 5.74) is 0.0298. The minimum Gasteiger partial charge on any atom is -0.296 e. The van der Waals surface area contributed by atoms with Gasteiger partial charge < -0.3 is 0 Å². The molecule has 0 fully saturated rings. The second kappa shape index (κ2) is 3.55. The molecular formula is C6H6F3N3O. The summed E-state index contributed by atoms with van der Waals surface area (Å²) in [5.74, 6) is 0. The Morgan fingerprint density at radius 2 is 2.23 bits per heavy atom. The van der Waals surface area contributed by atoms with E-state index in [-0.39, 0.29) is 12.2 Å². The van der Waals surface area contributed by atoms with E-state index in [0.29, 0.717) is 6.29 Å². The average molecular weight is 193 g/mol. The molecule has 0 N–H and O–H groups in total. The second-order valence-corrected chi connectivity index (χ2v) is 2.39. The fourth-order valence-corrected chi connectivity index (χ4v) is 0.718. The third-order valence-electron chi connectivity index (χ3n) is 1.30. The summed E-state index contributed by atoms with van der Waals surface area (Å²) in [7, 11) is 0. The van der Waals surface area contributed by atoms with Crippen LogP contribution in [0.3, 0.4) is 0 Å². The van der Waals surface area contributed by atoms with Gasteiger partial charge in [-0.1, -0.05) is 5.21 Å². The number of aryl methyl sites for hydroxylation is 1. The maximum atomic E-state index is 11.7. The maximum absolute atomic E-state index is 11.7. The second-order valence-electron chi connectivity index (χ2n) is 2.39. The minimum atomic E-state index is -4.21. The highest BCUT2D eigenvalue weighted by molar-refractivity contribution is 5.70. The summed E-state index contributed by atoms with van der Waals surface area (Å²) in [6.07, 6.45) is -3.60. The summed E-state index contributed by atoms with van der Waals surface area (Å²) in [6.45, 7) is -0.315. The van der Waals surface area contributed by atoms with E-state index < -0.39 is 12.6 Å². The molecule has 0 aromatic carbocycles. The van der Waals surface area contributed by atoms with Gasteiger partial charge in [0.05, 0.1) is 19.2 Å². The predicted molar refractivity (Wildman–Crippen MR) is 36.1 cm³/mol. The molecule has 1 aromatic rings. The highest BCUT2D eigenvalue weighted by atomic mass is 19.4. The van der Waals surface area contributed by atoms with Crippen LogP contribution in [0.1, 0.15) is 16.9 Å². The molecule has 4 nitrogen and oxygen atoms in total. The Kier molecular flexibility index (Phi) is 2.64. The Balaban J connectivity index is 2.50. The van der Waals surface area contributed by atoms with Gasteiger partial charge in [-0.2, -0.15) is 13.2 Å². The zero-order chi connectivity index (χ0) is 9.90. The zero-order valence-corrected chi connectivity index (χ0v) is 6.45. The highest BCUT2D eigenvalue weighted by Gasteiger charge is 2.26. The Hall–Kier alpha value is -1.40. The molecule has 0 aliphatic heterocycles. The van der Waals surface area contributed by atoms with Crippen molar-refractivity contribution < 1.29 is 18.0 Å². The molecule has 0 unspecified atom stereocenters. The van der Waals surface area contributed by atoms with E-state index in [1.54, 1.807) is 0 Å². The third-order valence-corrected chi connectivity index (χ3v) is 1.30. The summed E-state index contributed by atoms with van der Waals surface area (Å²) >= 11 is 0. The lowest BCUT2D eigenvalue weighted by atomic mass is 10.4. The van der Waals surface area contributed by atoms with Gasteiger partial charge in [0.25, 0.3) is 0 Å². The van der Waals surface area contributed by atoms with Gasteiger partial charge in [-0.3, -0.25) is 9.48 Å². The first-order valence-corrected chi connectivity index (χ1v) is 3.43. The monoisotopic (exact) mass is 193 g/mol. The summed E-state index contributed by atoms with van der Waals surface area (Å²) in [6, 6.07) is 0. The van der Waals surface area contributed by atoms with Crippen molar-refractivity contribution in [3.05, 3.63) is 11.9 Å². The van der Waals surface area contributed by atoms with Crippen LogP contribution in [0.4, 0.5) is 13.2 Å². The molecule has 1 heterocycles. The number of alkyl halides is 3. The smallest absolute Gasteiger partial charge is 0.296 e. The molecule has 0 bridgehead atoms. The minimum absolute atomic E-state index is 0.0298. The Labute approximate surface area is 71.3 Å². The fraction of sp³-hybridized carbons (Fsp3) is 0.500. The van der Waals surface area contributed by atoms with Crippen LogP contribution in [0.25, 0.3) is 0 Å². The van der Waals surface area contributed by atoms with Crippen molar-refractivity contribution in [2.75, 3.05) is 0 Å². The summed E-state index contributed by atoms with van der Waals surface area (Å²) in [5, 5.41) is 6.64. The molecule has 72 valence electrons. The number of halogens is 3. The van der Waals surface area contributed by atoms with Gasteiger partial charge in [0.1, 0.15) is 5.69 Å². The lowest BCUT2D eigenvalue weighted by Crippen LogP contribution is -2.12. The van der Waals surface area contributed by atoms with Crippen LogP contribution >= 0.6 is 0 Å². The van der Waals surface area contributed by atoms with Crippen molar-refractivity contribution in [1.29, 1.82) is 0 Å². The van der Waals surface area contributed by atoms with Crippen LogP contribution in [0.5, 0.6) is 0 Å². The standard InChI is InChI=1S/C6H6F3N3O/c7-6(8,9)1-2-12-3-5(4-13)10-11-12/h3-4H,1-2H2. The molecule has 0 saturated carbocycles.